The predicted molar refractivity (Wildman–Crippen MR) is 306 cm³/mol. The molecule has 0 spiro atoms. The van der Waals surface area contributed by atoms with Crippen LogP contribution in [-0.4, -0.2) is 0 Å². The third kappa shape index (κ3) is 7.49. The molecule has 0 amide bonds. The quantitative estimate of drug-likeness (QED) is 0.143. The number of hydrogen-bond acceptors (Lipinski definition) is 2. The Bertz CT molecular complexity index is 3900. The summed E-state index contributed by atoms with van der Waals surface area (Å²) in [5, 5.41) is 2.25. The summed E-state index contributed by atoms with van der Waals surface area (Å²) < 4.78 is 6.54. The van der Waals surface area contributed by atoms with Crippen molar-refractivity contribution >= 4 is 39.0 Å². The Morgan fingerprint density at radius 2 is 0.822 bits per heavy atom. The highest BCUT2D eigenvalue weighted by Gasteiger charge is 2.48. The lowest BCUT2D eigenvalue weighted by Crippen LogP contribution is -2.29. The molecule has 12 aromatic rings. The minimum atomic E-state index is -0.680. The molecule has 0 saturated heterocycles. The summed E-state index contributed by atoms with van der Waals surface area (Å²) in [6.45, 7) is 6.84. The number of benzene rings is 11. The number of para-hydroxylation sites is 2. The van der Waals surface area contributed by atoms with E-state index in [1.807, 2.05) is 6.07 Å². The first-order valence-electron chi connectivity index (χ1n) is 25.4. The summed E-state index contributed by atoms with van der Waals surface area (Å²) >= 11 is 0. The van der Waals surface area contributed by atoms with Crippen LogP contribution in [0.5, 0.6) is 0 Å². The first kappa shape index (κ1) is 44.0. The van der Waals surface area contributed by atoms with E-state index in [0.717, 1.165) is 50.1 Å². The summed E-state index contributed by atoms with van der Waals surface area (Å²) in [6.07, 6.45) is 0. The molecule has 0 atom stereocenters. The Morgan fingerprint density at radius 3 is 1.45 bits per heavy atom. The van der Waals surface area contributed by atoms with Gasteiger partial charge in [-0.1, -0.05) is 233 Å². The lowest BCUT2D eigenvalue weighted by atomic mass is 9.66. The maximum Gasteiger partial charge on any atom is 0.143 e. The van der Waals surface area contributed by atoms with Crippen molar-refractivity contribution in [2.24, 2.45) is 0 Å². The Balaban J connectivity index is 1.05. The van der Waals surface area contributed by atoms with Gasteiger partial charge in [-0.25, -0.2) is 0 Å². The Kier molecular flexibility index (Phi) is 10.7. The lowest BCUT2D eigenvalue weighted by Gasteiger charge is -2.36. The zero-order valence-electron chi connectivity index (χ0n) is 41.3. The van der Waals surface area contributed by atoms with Gasteiger partial charge in [-0.3, -0.25) is 0 Å². The standard InChI is InChI=1S/C71H53NO/c1-70(2,3)54-37-31-50(32-38-54)53-45-64(51-21-10-5-11-22-51)68-65(46-53)61-44-43-59(47-66(61)71(68,55-23-12-6-13-24-55)56-25-14-7-15-26-56)72(57-39-33-49(34-40-57)48-19-8-4-9-20-48)58-41-35-52(36-42-58)60-28-18-29-63-62-27-16-17-30-67(62)73-69(60)63/h4-47H,1-3H3. The van der Waals surface area contributed by atoms with E-state index in [1.54, 1.807) is 0 Å². The second-order valence-electron chi connectivity index (χ2n) is 20.4. The molecule has 0 bridgehead atoms. The van der Waals surface area contributed by atoms with Gasteiger partial charge in [-0.2, -0.15) is 0 Å². The van der Waals surface area contributed by atoms with Gasteiger partial charge in [-0.05, 0) is 138 Å². The molecule has 11 aromatic carbocycles. The topological polar surface area (TPSA) is 16.4 Å². The largest absolute Gasteiger partial charge is 0.455 e. The van der Waals surface area contributed by atoms with E-state index in [9.17, 15) is 0 Å². The normalized spacial score (nSPS) is 12.7. The fraction of sp³-hybridized carbons (Fsp3) is 0.0704. The molecule has 2 nitrogen and oxygen atoms in total. The summed E-state index contributed by atoms with van der Waals surface area (Å²) in [4.78, 5) is 2.42. The molecule has 0 saturated carbocycles. The molecule has 1 aliphatic carbocycles. The molecular formula is C71H53NO. The van der Waals surface area contributed by atoms with E-state index in [0.29, 0.717) is 0 Å². The number of furan rings is 1. The van der Waals surface area contributed by atoms with Gasteiger partial charge < -0.3 is 9.32 Å². The van der Waals surface area contributed by atoms with Crippen LogP contribution in [-0.2, 0) is 10.8 Å². The average Bonchev–Trinajstić information content (AvgIpc) is 3.98. The second kappa shape index (κ2) is 17.7. The molecule has 0 unspecified atom stereocenters. The molecule has 348 valence electrons. The van der Waals surface area contributed by atoms with Crippen LogP contribution >= 0.6 is 0 Å². The average molecular weight is 936 g/mol. The van der Waals surface area contributed by atoms with Gasteiger partial charge in [-0.15, -0.1) is 0 Å². The summed E-state index contributed by atoms with van der Waals surface area (Å²) in [6, 6.07) is 98.1. The van der Waals surface area contributed by atoms with E-state index in [1.165, 1.54) is 72.3 Å². The number of fused-ring (bicyclic) bond motifs is 6. The minimum Gasteiger partial charge on any atom is -0.455 e. The highest BCUT2D eigenvalue weighted by atomic mass is 16.3. The van der Waals surface area contributed by atoms with E-state index < -0.39 is 5.41 Å². The fourth-order valence-electron chi connectivity index (χ4n) is 11.6. The minimum absolute atomic E-state index is 0.0528. The molecule has 0 N–H and O–H groups in total. The zero-order valence-corrected chi connectivity index (χ0v) is 41.3. The third-order valence-electron chi connectivity index (χ3n) is 15.1. The van der Waals surface area contributed by atoms with Gasteiger partial charge in [0.05, 0.1) is 5.41 Å². The molecule has 13 rings (SSSR count). The van der Waals surface area contributed by atoms with Crippen molar-refractivity contribution in [3.8, 4) is 55.6 Å². The van der Waals surface area contributed by atoms with Gasteiger partial charge >= 0.3 is 0 Å². The predicted octanol–water partition coefficient (Wildman–Crippen LogP) is 19.4. The molecule has 1 aliphatic rings. The van der Waals surface area contributed by atoms with Crippen LogP contribution in [0, 0.1) is 0 Å². The first-order chi connectivity index (χ1) is 35.8. The zero-order chi connectivity index (χ0) is 49.1. The van der Waals surface area contributed by atoms with Crippen molar-refractivity contribution in [1.82, 2.24) is 0 Å². The SMILES string of the molecule is CC(C)(C)c1ccc(-c2cc(-c3ccccc3)c3c(c2)-c2ccc(N(c4ccc(-c5ccccc5)cc4)c4ccc(-c5cccc6c5oc5ccccc56)cc4)cc2C3(c2ccccc2)c2ccccc2)cc1. The van der Waals surface area contributed by atoms with E-state index in [-0.39, 0.29) is 5.41 Å². The molecule has 73 heavy (non-hydrogen) atoms. The van der Waals surface area contributed by atoms with E-state index in [2.05, 4.69) is 287 Å². The number of hydrogen-bond donors (Lipinski definition) is 0. The second-order valence-corrected chi connectivity index (χ2v) is 20.4. The lowest BCUT2D eigenvalue weighted by molar-refractivity contribution is 0.590. The van der Waals surface area contributed by atoms with Crippen LogP contribution in [0.4, 0.5) is 17.1 Å². The molecule has 1 aromatic heterocycles. The van der Waals surface area contributed by atoms with Crippen LogP contribution in [0.25, 0.3) is 77.6 Å². The Hall–Kier alpha value is -8.98. The van der Waals surface area contributed by atoms with Gasteiger partial charge in [0, 0.05) is 33.4 Å². The number of nitrogens with zero attached hydrogens (tertiary/aromatic N) is 1. The molecule has 2 heteroatoms. The van der Waals surface area contributed by atoms with Gasteiger partial charge in [0.25, 0.3) is 0 Å². The monoisotopic (exact) mass is 935 g/mol. The molecule has 0 fully saturated rings. The van der Waals surface area contributed by atoms with Crippen LogP contribution in [0.3, 0.4) is 0 Å². The number of rotatable bonds is 9. The highest BCUT2D eigenvalue weighted by Crippen LogP contribution is 2.60. The number of anilines is 3. The van der Waals surface area contributed by atoms with Gasteiger partial charge in [0.15, 0.2) is 0 Å². The molecular weight excluding hydrogens is 883 g/mol. The van der Waals surface area contributed by atoms with Gasteiger partial charge in [0.1, 0.15) is 11.2 Å². The summed E-state index contributed by atoms with van der Waals surface area (Å²) in [7, 11) is 0. The maximum absolute atomic E-state index is 6.54. The molecule has 0 aliphatic heterocycles. The maximum atomic E-state index is 6.54. The smallest absolute Gasteiger partial charge is 0.143 e. The Labute approximate surface area is 428 Å². The fourth-order valence-corrected chi connectivity index (χ4v) is 11.6. The van der Waals surface area contributed by atoms with Crippen molar-refractivity contribution in [3.63, 3.8) is 0 Å². The van der Waals surface area contributed by atoms with Crippen LogP contribution < -0.4 is 4.90 Å². The summed E-state index contributed by atoms with van der Waals surface area (Å²) in [5.41, 5.74) is 22.5. The highest BCUT2D eigenvalue weighted by molar-refractivity contribution is 6.09. The van der Waals surface area contributed by atoms with Crippen molar-refractivity contribution < 1.29 is 4.42 Å². The summed E-state index contributed by atoms with van der Waals surface area (Å²) in [5.74, 6) is 0. The molecule has 0 radical (unpaired) electrons. The van der Waals surface area contributed by atoms with Crippen LogP contribution in [0.1, 0.15) is 48.6 Å². The molecule has 1 heterocycles. The van der Waals surface area contributed by atoms with Crippen molar-refractivity contribution in [3.05, 3.63) is 295 Å². The Morgan fingerprint density at radius 1 is 0.342 bits per heavy atom. The third-order valence-corrected chi connectivity index (χ3v) is 15.1. The van der Waals surface area contributed by atoms with Gasteiger partial charge in [0.2, 0.25) is 0 Å². The van der Waals surface area contributed by atoms with E-state index in [4.69, 9.17) is 4.42 Å². The van der Waals surface area contributed by atoms with Crippen molar-refractivity contribution in [2.75, 3.05) is 4.90 Å². The van der Waals surface area contributed by atoms with Crippen LogP contribution in [0.2, 0.25) is 0 Å². The van der Waals surface area contributed by atoms with Crippen LogP contribution in [0.15, 0.2) is 271 Å². The van der Waals surface area contributed by atoms with E-state index >= 15 is 0 Å². The first-order valence-corrected chi connectivity index (χ1v) is 25.4. The van der Waals surface area contributed by atoms with Crippen molar-refractivity contribution in [1.29, 1.82) is 0 Å². The van der Waals surface area contributed by atoms with Crippen molar-refractivity contribution in [2.45, 2.75) is 31.6 Å².